The Hall–Kier alpha value is -3.45. The van der Waals surface area contributed by atoms with Crippen molar-refractivity contribution in [3.8, 4) is 0 Å². The van der Waals surface area contributed by atoms with Gasteiger partial charge in [-0.1, -0.05) is 49.6 Å². The van der Waals surface area contributed by atoms with Gasteiger partial charge in [-0.3, -0.25) is 4.79 Å². The van der Waals surface area contributed by atoms with Crippen LogP contribution in [0, 0.1) is 0 Å². The van der Waals surface area contributed by atoms with Crippen LogP contribution in [-0.4, -0.2) is 27.4 Å². The zero-order valence-electron chi connectivity index (χ0n) is 19.9. The molecule has 1 amide bonds. The van der Waals surface area contributed by atoms with Crippen molar-refractivity contribution in [1.82, 2.24) is 19.8 Å². The van der Waals surface area contributed by atoms with Crippen LogP contribution in [0.1, 0.15) is 54.0 Å². The van der Waals surface area contributed by atoms with Crippen LogP contribution in [0.5, 0.6) is 0 Å². The number of fused-ring (bicyclic) bond motifs is 5. The third-order valence-electron chi connectivity index (χ3n) is 7.43. The first-order chi connectivity index (χ1) is 16.9. The number of benzene rings is 2. The van der Waals surface area contributed by atoms with Gasteiger partial charge in [-0.05, 0) is 37.1 Å². The number of carbonyl (C=O) groups excluding carboxylic acids is 1. The van der Waals surface area contributed by atoms with E-state index in [2.05, 4.69) is 17.2 Å². The van der Waals surface area contributed by atoms with Crippen molar-refractivity contribution in [3.05, 3.63) is 71.0 Å². The average Bonchev–Trinajstić information content (AvgIpc) is 3.40. The molecular formula is C27H28ClN5O2. The summed E-state index contributed by atoms with van der Waals surface area (Å²) in [6.45, 7) is 4.49. The Bertz CT molecular complexity index is 1490. The Labute approximate surface area is 208 Å². The van der Waals surface area contributed by atoms with Gasteiger partial charge in [0.05, 0.1) is 39.6 Å². The molecule has 0 saturated heterocycles. The zero-order valence-corrected chi connectivity index (χ0v) is 20.7. The Morgan fingerprint density at radius 3 is 2.80 bits per heavy atom. The number of halogens is 1. The first kappa shape index (κ1) is 22.0. The number of amides is 1. The van der Waals surface area contributed by atoms with E-state index in [1.54, 1.807) is 18.0 Å². The van der Waals surface area contributed by atoms with Crippen molar-refractivity contribution < 1.29 is 9.21 Å². The maximum atomic E-state index is 13.4. The third kappa shape index (κ3) is 3.48. The monoisotopic (exact) mass is 489 g/mol. The number of hydrogen-bond acceptors (Lipinski definition) is 5. The fourth-order valence-electron chi connectivity index (χ4n) is 5.71. The highest BCUT2D eigenvalue weighted by Crippen LogP contribution is 2.49. The summed E-state index contributed by atoms with van der Waals surface area (Å²) in [4.78, 5) is 19.8. The van der Waals surface area contributed by atoms with E-state index < -0.39 is 0 Å². The number of para-hydroxylation sites is 2. The summed E-state index contributed by atoms with van der Waals surface area (Å²) in [5.74, 6) is 1.65. The summed E-state index contributed by atoms with van der Waals surface area (Å²) in [6, 6.07) is 11.6. The minimum absolute atomic E-state index is 0.197. The largest absolute Gasteiger partial charge is 0.450 e. The van der Waals surface area contributed by atoms with Crippen LogP contribution in [-0.2, 0) is 19.1 Å². The quantitative estimate of drug-likeness (QED) is 0.375. The normalized spacial score (nSPS) is 16.8. The fourth-order valence-corrected chi connectivity index (χ4v) is 5.97. The van der Waals surface area contributed by atoms with Crippen molar-refractivity contribution in [2.75, 3.05) is 12.4 Å². The Kier molecular flexibility index (Phi) is 5.07. The number of nitrogens with zero attached hydrogens (tertiary/aromatic N) is 3. The third-order valence-corrected chi connectivity index (χ3v) is 7.72. The molecule has 2 aromatic carbocycles. The number of carbonyl (C=O) groups is 1. The van der Waals surface area contributed by atoms with Crippen molar-refractivity contribution >= 4 is 45.2 Å². The molecule has 7 nitrogen and oxygen atoms in total. The summed E-state index contributed by atoms with van der Waals surface area (Å²) in [7, 11) is 3.74. The van der Waals surface area contributed by atoms with Crippen molar-refractivity contribution in [1.29, 1.82) is 0 Å². The second-order valence-electron chi connectivity index (χ2n) is 9.75. The van der Waals surface area contributed by atoms with Gasteiger partial charge in [0.2, 0.25) is 0 Å². The first-order valence-electron chi connectivity index (χ1n) is 12.0. The Morgan fingerprint density at radius 1 is 1.26 bits per heavy atom. The van der Waals surface area contributed by atoms with Crippen LogP contribution >= 0.6 is 11.6 Å². The van der Waals surface area contributed by atoms with Gasteiger partial charge in [0.15, 0.2) is 5.76 Å². The maximum Gasteiger partial charge on any atom is 0.289 e. The van der Waals surface area contributed by atoms with Crippen molar-refractivity contribution in [3.63, 3.8) is 0 Å². The molecule has 6 rings (SSSR count). The average molecular weight is 490 g/mol. The smallest absolute Gasteiger partial charge is 0.289 e. The minimum Gasteiger partial charge on any atom is -0.450 e. The number of nitrogens with one attached hydrogen (secondary N) is 2. The van der Waals surface area contributed by atoms with Gasteiger partial charge in [0, 0.05) is 25.0 Å². The van der Waals surface area contributed by atoms with Gasteiger partial charge in [0.25, 0.3) is 5.91 Å². The number of furan rings is 1. The standard InChI is InChI=1S/C27H28ClN5O2/c1-16-29-24-18(28)13-17-14-21(35-25(17)23(24)27(31-16)11-7-4-8-12-27)26(34)32(2)15-22-30-19-9-5-6-10-20(19)33(22)3/h5-6,9-10,13-14,29,31H,1,4,7-8,11-12,15H2,2-3H3. The molecular weight excluding hydrogens is 462 g/mol. The van der Waals surface area contributed by atoms with Gasteiger partial charge in [-0.25, -0.2) is 4.98 Å². The summed E-state index contributed by atoms with van der Waals surface area (Å²) < 4.78 is 8.33. The fraction of sp³-hybridized carbons (Fsp3) is 0.333. The Morgan fingerprint density at radius 2 is 2.03 bits per heavy atom. The maximum absolute atomic E-state index is 13.4. The van der Waals surface area contributed by atoms with Gasteiger partial charge >= 0.3 is 0 Å². The summed E-state index contributed by atoms with van der Waals surface area (Å²) in [6.07, 6.45) is 5.36. The molecule has 1 fully saturated rings. The molecule has 180 valence electrons. The number of imidazole rings is 1. The minimum atomic E-state index is -0.295. The number of hydrogen-bond donors (Lipinski definition) is 2. The molecule has 2 aromatic heterocycles. The second kappa shape index (κ2) is 8.05. The molecule has 4 aromatic rings. The van der Waals surface area contributed by atoms with E-state index in [4.69, 9.17) is 21.0 Å². The molecule has 1 aliphatic carbocycles. The van der Waals surface area contributed by atoms with Crippen molar-refractivity contribution in [2.24, 2.45) is 7.05 Å². The summed E-state index contributed by atoms with van der Waals surface area (Å²) >= 11 is 6.72. The van der Waals surface area contributed by atoms with E-state index in [9.17, 15) is 4.79 Å². The lowest BCUT2D eigenvalue weighted by molar-refractivity contribution is 0.0751. The lowest BCUT2D eigenvalue weighted by Gasteiger charge is -2.44. The highest BCUT2D eigenvalue weighted by molar-refractivity contribution is 6.34. The molecule has 8 heteroatoms. The van der Waals surface area contributed by atoms with Gasteiger partial charge in [-0.2, -0.15) is 0 Å². The highest BCUT2D eigenvalue weighted by atomic mass is 35.5. The topological polar surface area (TPSA) is 75.3 Å². The SMILES string of the molecule is C=C1Nc2c(Cl)cc3cc(C(=O)N(C)Cc4nc5ccccc5n4C)oc3c2C2(CCCCC2)N1. The molecule has 2 N–H and O–H groups in total. The van der Waals surface area contributed by atoms with E-state index in [1.165, 1.54) is 6.42 Å². The lowest BCUT2D eigenvalue weighted by Crippen LogP contribution is -2.48. The molecule has 1 aliphatic heterocycles. The van der Waals surface area contributed by atoms with Gasteiger partial charge in [0.1, 0.15) is 11.4 Å². The van der Waals surface area contributed by atoms with Crippen molar-refractivity contribution in [2.45, 2.75) is 44.2 Å². The van der Waals surface area contributed by atoms with E-state index in [0.717, 1.165) is 65.0 Å². The molecule has 0 unspecified atom stereocenters. The lowest BCUT2D eigenvalue weighted by atomic mass is 9.74. The zero-order chi connectivity index (χ0) is 24.3. The van der Waals surface area contributed by atoms with Gasteiger partial charge < -0.3 is 24.5 Å². The van der Waals surface area contributed by atoms with Crippen LogP contribution < -0.4 is 10.6 Å². The molecule has 1 spiro atoms. The van der Waals surface area contributed by atoms with E-state index >= 15 is 0 Å². The predicted octanol–water partition coefficient (Wildman–Crippen LogP) is 5.89. The number of rotatable bonds is 3. The Balaban J connectivity index is 1.38. The highest BCUT2D eigenvalue weighted by Gasteiger charge is 2.42. The van der Waals surface area contributed by atoms with Crippen LogP contribution in [0.4, 0.5) is 5.69 Å². The van der Waals surface area contributed by atoms with E-state index in [0.29, 0.717) is 22.9 Å². The first-order valence-corrected chi connectivity index (χ1v) is 12.4. The molecule has 0 atom stereocenters. The van der Waals surface area contributed by atoms with Crippen LogP contribution in [0.3, 0.4) is 0 Å². The van der Waals surface area contributed by atoms with E-state index in [1.807, 2.05) is 41.9 Å². The number of anilines is 1. The van der Waals surface area contributed by atoms with Crippen LogP contribution in [0.2, 0.25) is 5.02 Å². The number of aromatic nitrogens is 2. The molecule has 35 heavy (non-hydrogen) atoms. The van der Waals surface area contributed by atoms with Crippen LogP contribution in [0.25, 0.3) is 22.0 Å². The summed E-state index contributed by atoms with van der Waals surface area (Å²) in [5, 5.41) is 8.32. The van der Waals surface area contributed by atoms with E-state index in [-0.39, 0.29) is 11.4 Å². The number of aryl methyl sites for hydroxylation is 1. The predicted molar refractivity (Wildman–Crippen MR) is 138 cm³/mol. The molecule has 1 saturated carbocycles. The molecule has 2 aliphatic rings. The second-order valence-corrected chi connectivity index (χ2v) is 10.2. The molecule has 0 radical (unpaired) electrons. The van der Waals surface area contributed by atoms with Gasteiger partial charge in [-0.15, -0.1) is 0 Å². The van der Waals surface area contributed by atoms with Crippen LogP contribution in [0.15, 0.2) is 53.2 Å². The molecule has 0 bridgehead atoms. The summed E-state index contributed by atoms with van der Waals surface area (Å²) in [5.41, 5.74) is 4.19. The molecule has 3 heterocycles.